The second-order valence-electron chi connectivity index (χ2n) is 6.10. The molecule has 1 aromatic heterocycles. The first-order valence-corrected chi connectivity index (χ1v) is 9.11. The highest BCUT2D eigenvalue weighted by Gasteiger charge is 2.12. The number of halogens is 1. The van der Waals surface area contributed by atoms with E-state index in [0.29, 0.717) is 13.1 Å². The summed E-state index contributed by atoms with van der Waals surface area (Å²) < 4.78 is 1.20. The fourth-order valence-corrected chi connectivity index (χ4v) is 3.61. The molecule has 0 saturated carbocycles. The number of benzene rings is 2. The van der Waals surface area contributed by atoms with Gasteiger partial charge in [0.05, 0.1) is 6.54 Å². The van der Waals surface area contributed by atoms with E-state index in [1.54, 1.807) is 11.3 Å². The van der Waals surface area contributed by atoms with Gasteiger partial charge in [0, 0.05) is 30.2 Å². The Morgan fingerprint density at radius 2 is 1.81 bits per heavy atom. The molecule has 0 amide bonds. The monoisotopic (exact) mass is 481 g/mol. The van der Waals surface area contributed by atoms with Crippen LogP contribution in [0.2, 0.25) is 0 Å². The average molecular weight is 481 g/mol. The van der Waals surface area contributed by atoms with E-state index in [0.717, 1.165) is 16.4 Å². The molecule has 2 N–H and O–H groups in total. The van der Waals surface area contributed by atoms with Crippen LogP contribution in [0.15, 0.2) is 65.7 Å². The average Bonchev–Trinajstić information content (AvgIpc) is 3.06. The Balaban J connectivity index is 0.00000243. The zero-order valence-corrected chi connectivity index (χ0v) is 18.1. The van der Waals surface area contributed by atoms with E-state index in [2.05, 4.69) is 40.6 Å². The summed E-state index contributed by atoms with van der Waals surface area (Å²) in [6.45, 7) is 1.04. The first kappa shape index (κ1) is 20.7. The Hall–Kier alpha value is -1.64. The molecule has 0 fully saturated rings. The Kier molecular flexibility index (Phi) is 7.86. The summed E-state index contributed by atoms with van der Waals surface area (Å²) in [4.78, 5) is 7.52. The zero-order valence-electron chi connectivity index (χ0n) is 14.9. The molecule has 6 heteroatoms. The topological polar surface area (TPSA) is 47.9 Å². The molecule has 3 rings (SSSR count). The van der Waals surface area contributed by atoms with E-state index < -0.39 is 6.10 Å². The van der Waals surface area contributed by atoms with Crippen LogP contribution < -0.4 is 5.32 Å². The number of nitrogens with zero attached hydrogens (tertiary/aromatic N) is 2. The molecule has 0 radical (unpaired) electrons. The molecule has 1 heterocycles. The molecule has 3 aromatic rings. The first-order valence-electron chi connectivity index (χ1n) is 8.29. The van der Waals surface area contributed by atoms with Gasteiger partial charge in [-0.25, -0.2) is 4.99 Å². The fourth-order valence-electron chi connectivity index (χ4n) is 2.56. The van der Waals surface area contributed by atoms with Crippen molar-refractivity contribution in [2.24, 2.45) is 4.99 Å². The minimum absolute atomic E-state index is 0. The highest BCUT2D eigenvalue weighted by Crippen LogP contribution is 2.29. The molecule has 2 aromatic carbocycles. The Morgan fingerprint density at radius 1 is 1.12 bits per heavy atom. The summed E-state index contributed by atoms with van der Waals surface area (Å²) in [5.74, 6) is 0.768. The first-order chi connectivity index (χ1) is 12.1. The van der Waals surface area contributed by atoms with E-state index in [9.17, 15) is 5.11 Å². The van der Waals surface area contributed by atoms with Crippen molar-refractivity contribution in [1.29, 1.82) is 0 Å². The molecule has 1 atom stereocenters. The van der Waals surface area contributed by atoms with Crippen molar-refractivity contribution in [3.8, 4) is 0 Å². The third-order valence-corrected chi connectivity index (χ3v) is 5.12. The smallest absolute Gasteiger partial charge is 0.193 e. The molecule has 0 spiro atoms. The van der Waals surface area contributed by atoms with Gasteiger partial charge in [-0.15, -0.1) is 35.3 Å². The van der Waals surface area contributed by atoms with Gasteiger partial charge in [0.1, 0.15) is 6.10 Å². The van der Waals surface area contributed by atoms with Crippen LogP contribution in [0.25, 0.3) is 10.1 Å². The maximum Gasteiger partial charge on any atom is 0.193 e. The van der Waals surface area contributed by atoms with Crippen LogP contribution in [0.1, 0.15) is 16.5 Å². The van der Waals surface area contributed by atoms with Crippen LogP contribution in [0.3, 0.4) is 0 Å². The van der Waals surface area contributed by atoms with Crippen LogP contribution in [-0.4, -0.2) is 36.6 Å². The van der Waals surface area contributed by atoms with Crippen molar-refractivity contribution in [1.82, 2.24) is 10.2 Å². The number of guanidine groups is 1. The molecule has 26 heavy (non-hydrogen) atoms. The summed E-state index contributed by atoms with van der Waals surface area (Å²) in [6, 6.07) is 20.4. The molecule has 4 nitrogen and oxygen atoms in total. The molecule has 0 aliphatic heterocycles. The number of fused-ring (bicyclic) bond motifs is 1. The number of aliphatic hydroxyl groups excluding tert-OH is 1. The molecular formula is C20H24IN3OS. The Morgan fingerprint density at radius 3 is 2.50 bits per heavy atom. The van der Waals surface area contributed by atoms with Crippen molar-refractivity contribution in [2.75, 3.05) is 20.6 Å². The van der Waals surface area contributed by atoms with Gasteiger partial charge in [-0.05, 0) is 23.1 Å². The maximum atomic E-state index is 10.5. The van der Waals surface area contributed by atoms with Crippen molar-refractivity contribution in [2.45, 2.75) is 12.6 Å². The molecule has 0 aliphatic carbocycles. The second-order valence-corrected chi connectivity index (χ2v) is 7.22. The lowest BCUT2D eigenvalue weighted by molar-refractivity contribution is 0.184. The normalized spacial score (nSPS) is 12.5. The Bertz CT molecular complexity index is 815. The van der Waals surface area contributed by atoms with Crippen LogP contribution >= 0.6 is 35.3 Å². The fraction of sp³-hybridized carbons (Fsp3) is 0.250. The minimum Gasteiger partial charge on any atom is -0.386 e. The number of hydrogen-bond donors (Lipinski definition) is 2. The summed E-state index contributed by atoms with van der Waals surface area (Å²) in [5.41, 5.74) is 1.16. The molecule has 138 valence electrons. The number of aliphatic hydroxyl groups is 1. The number of hydrogen-bond acceptors (Lipinski definition) is 3. The van der Waals surface area contributed by atoms with Crippen molar-refractivity contribution in [3.05, 3.63) is 71.1 Å². The molecule has 0 bridgehead atoms. The second kappa shape index (κ2) is 9.89. The van der Waals surface area contributed by atoms with Gasteiger partial charge >= 0.3 is 0 Å². The van der Waals surface area contributed by atoms with E-state index in [1.807, 2.05) is 49.3 Å². The largest absolute Gasteiger partial charge is 0.386 e. The van der Waals surface area contributed by atoms with Crippen LogP contribution in [0.5, 0.6) is 0 Å². The van der Waals surface area contributed by atoms with E-state index in [1.165, 1.54) is 10.1 Å². The van der Waals surface area contributed by atoms with E-state index >= 15 is 0 Å². The Labute approximate surface area is 175 Å². The lowest BCUT2D eigenvalue weighted by Gasteiger charge is -2.19. The van der Waals surface area contributed by atoms with Gasteiger partial charge in [0.2, 0.25) is 0 Å². The highest BCUT2D eigenvalue weighted by atomic mass is 127. The quantitative estimate of drug-likeness (QED) is 0.325. The molecular weight excluding hydrogens is 457 g/mol. The van der Waals surface area contributed by atoms with Gasteiger partial charge in [-0.2, -0.15) is 0 Å². The third kappa shape index (κ3) is 5.43. The lowest BCUT2D eigenvalue weighted by Crippen LogP contribution is -2.38. The number of thiophene rings is 1. The van der Waals surface area contributed by atoms with Crippen molar-refractivity contribution >= 4 is 51.4 Å². The van der Waals surface area contributed by atoms with E-state index in [4.69, 9.17) is 0 Å². The third-order valence-electron chi connectivity index (χ3n) is 3.90. The molecule has 0 aliphatic rings. The predicted octanol–water partition coefficient (Wildman–Crippen LogP) is 4.26. The standard InChI is InChI=1S/C20H23N3OS.HI/c1-23(2)20(21-13-15-8-4-3-5-9-15)22-14-17(24)19-12-16-10-6-7-11-18(16)25-19;/h3-12,17,24H,13-14H2,1-2H3,(H,21,22);1H. The van der Waals surface area contributed by atoms with E-state index in [-0.39, 0.29) is 24.0 Å². The summed E-state index contributed by atoms with van der Waals surface area (Å²) in [6.07, 6.45) is -0.556. The van der Waals surface area contributed by atoms with Crippen molar-refractivity contribution < 1.29 is 5.11 Å². The number of rotatable bonds is 5. The van der Waals surface area contributed by atoms with Gasteiger partial charge < -0.3 is 15.3 Å². The van der Waals surface area contributed by atoms with Crippen LogP contribution in [0, 0.1) is 0 Å². The highest BCUT2D eigenvalue weighted by molar-refractivity contribution is 14.0. The summed E-state index contributed by atoms with van der Waals surface area (Å²) >= 11 is 1.63. The lowest BCUT2D eigenvalue weighted by atomic mass is 10.2. The summed E-state index contributed by atoms with van der Waals surface area (Å²) in [7, 11) is 3.89. The van der Waals surface area contributed by atoms with Gasteiger partial charge in [-0.1, -0.05) is 48.5 Å². The molecule has 1 unspecified atom stereocenters. The van der Waals surface area contributed by atoms with Crippen LogP contribution in [0.4, 0.5) is 0 Å². The predicted molar refractivity (Wildman–Crippen MR) is 121 cm³/mol. The number of nitrogens with one attached hydrogen (secondary N) is 1. The van der Waals surface area contributed by atoms with Crippen molar-refractivity contribution in [3.63, 3.8) is 0 Å². The minimum atomic E-state index is -0.556. The van der Waals surface area contributed by atoms with Gasteiger partial charge in [0.25, 0.3) is 0 Å². The van der Waals surface area contributed by atoms with Crippen LogP contribution in [-0.2, 0) is 6.54 Å². The zero-order chi connectivity index (χ0) is 17.6. The maximum absolute atomic E-state index is 10.5. The SMILES string of the molecule is CN(C)C(=NCc1ccccc1)NCC(O)c1cc2ccccc2s1.I. The number of aliphatic imine (C=N–C) groups is 1. The van der Waals surface area contributed by atoms with Gasteiger partial charge in [-0.3, -0.25) is 0 Å². The van der Waals surface area contributed by atoms with Gasteiger partial charge in [0.15, 0.2) is 5.96 Å². The summed E-state index contributed by atoms with van der Waals surface area (Å²) in [5, 5.41) is 14.9. The molecule has 0 saturated heterocycles.